The number of aromatic hydroxyl groups is 1. The van der Waals surface area contributed by atoms with E-state index in [0.717, 1.165) is 15.6 Å². The van der Waals surface area contributed by atoms with Crippen LogP contribution in [0.25, 0.3) is 10.9 Å². The van der Waals surface area contributed by atoms with Gasteiger partial charge in [-0.05, 0) is 55.3 Å². The van der Waals surface area contributed by atoms with Gasteiger partial charge in [0.2, 0.25) is 5.88 Å². The summed E-state index contributed by atoms with van der Waals surface area (Å²) in [6, 6.07) is 10.0. The summed E-state index contributed by atoms with van der Waals surface area (Å²) >= 11 is 3.33. The molecule has 0 aliphatic rings. The van der Waals surface area contributed by atoms with Gasteiger partial charge in [-0.3, -0.25) is 0 Å². The Balaban J connectivity index is 2.05. The summed E-state index contributed by atoms with van der Waals surface area (Å²) in [5.74, 6) is -0.234. The van der Waals surface area contributed by atoms with E-state index in [-0.39, 0.29) is 16.5 Å². The zero-order valence-electron chi connectivity index (χ0n) is 12.9. The highest BCUT2D eigenvalue weighted by atomic mass is 79.9. The average Bonchev–Trinajstić information content (AvgIpc) is 2.83. The van der Waals surface area contributed by atoms with E-state index in [4.69, 9.17) is 0 Å². The maximum absolute atomic E-state index is 12.3. The topological polar surface area (TPSA) is 94.9 Å². The molecule has 3 rings (SSSR count). The number of rotatable bonds is 3. The molecule has 0 spiro atoms. The minimum Gasteiger partial charge on any atom is -0.493 e. The van der Waals surface area contributed by atoms with Crippen LogP contribution in [0.4, 0.5) is 5.69 Å². The zero-order valence-corrected chi connectivity index (χ0v) is 15.3. The van der Waals surface area contributed by atoms with E-state index in [1.807, 2.05) is 13.8 Å². The first-order valence-electron chi connectivity index (χ1n) is 7.03. The molecule has 24 heavy (non-hydrogen) atoms. The van der Waals surface area contributed by atoms with Crippen molar-refractivity contribution in [3.63, 3.8) is 0 Å². The first-order chi connectivity index (χ1) is 11.3. The third kappa shape index (κ3) is 3.07. The second-order valence-corrected chi connectivity index (χ2v) is 7.92. The van der Waals surface area contributed by atoms with Gasteiger partial charge in [-0.1, -0.05) is 26.5 Å². The van der Waals surface area contributed by atoms with Crippen LogP contribution in [-0.4, -0.2) is 18.5 Å². The molecule has 0 radical (unpaired) electrons. The number of sulfonamides is 1. The Labute approximate surface area is 147 Å². The van der Waals surface area contributed by atoms with Gasteiger partial charge in [0.15, 0.2) is 5.69 Å². The van der Waals surface area contributed by atoms with Crippen molar-refractivity contribution in [3.8, 4) is 5.88 Å². The number of hydrogen-bond donors (Lipinski definition) is 2. The van der Waals surface area contributed by atoms with Crippen molar-refractivity contribution in [2.75, 3.05) is 0 Å². The van der Waals surface area contributed by atoms with Gasteiger partial charge < -0.3 is 10.1 Å². The summed E-state index contributed by atoms with van der Waals surface area (Å²) in [4.78, 5) is 2.80. The summed E-state index contributed by atoms with van der Waals surface area (Å²) in [5, 5.41) is 14.3. The maximum Gasteiger partial charge on any atom is 0.299 e. The normalized spacial score (nSPS) is 12.3. The lowest BCUT2D eigenvalue weighted by Gasteiger charge is -2.02. The molecule has 3 aromatic rings. The second kappa shape index (κ2) is 6.03. The van der Waals surface area contributed by atoms with Gasteiger partial charge in [0.1, 0.15) is 0 Å². The highest BCUT2D eigenvalue weighted by Crippen LogP contribution is 2.37. The number of nitrogens with one attached hydrogen (secondary N) is 1. The molecule has 0 aliphatic heterocycles. The van der Waals surface area contributed by atoms with Crippen molar-refractivity contribution in [3.05, 3.63) is 52.0 Å². The fraction of sp³-hybridized carbons (Fsp3) is 0.125. The van der Waals surface area contributed by atoms with E-state index in [0.29, 0.717) is 10.9 Å². The summed E-state index contributed by atoms with van der Waals surface area (Å²) in [7, 11) is -3.95. The van der Waals surface area contributed by atoms with Crippen LogP contribution in [0.3, 0.4) is 0 Å². The Morgan fingerprint density at radius 1 is 1.08 bits per heavy atom. The van der Waals surface area contributed by atoms with E-state index < -0.39 is 10.0 Å². The molecule has 2 N–H and O–H groups in total. The molecular formula is C16H14BrN3O3S. The number of aromatic amines is 1. The number of halogens is 1. The van der Waals surface area contributed by atoms with Gasteiger partial charge >= 0.3 is 0 Å². The van der Waals surface area contributed by atoms with Crippen molar-refractivity contribution < 1.29 is 13.5 Å². The largest absolute Gasteiger partial charge is 0.493 e. The summed E-state index contributed by atoms with van der Waals surface area (Å²) < 4.78 is 28.9. The van der Waals surface area contributed by atoms with Crippen LogP contribution in [-0.2, 0) is 10.0 Å². The first-order valence-corrected chi connectivity index (χ1v) is 9.27. The molecule has 124 valence electrons. The third-order valence-electron chi connectivity index (χ3n) is 3.74. The van der Waals surface area contributed by atoms with Crippen LogP contribution in [0, 0.1) is 13.8 Å². The number of hydrogen-bond acceptors (Lipinski definition) is 4. The Bertz CT molecular complexity index is 1070. The van der Waals surface area contributed by atoms with E-state index >= 15 is 0 Å². The average molecular weight is 408 g/mol. The van der Waals surface area contributed by atoms with Gasteiger partial charge in [-0.2, -0.15) is 8.42 Å². The summed E-state index contributed by atoms with van der Waals surface area (Å²) in [6.45, 7) is 3.73. The molecule has 0 saturated carbocycles. The van der Waals surface area contributed by atoms with Crippen molar-refractivity contribution in [2.45, 2.75) is 18.7 Å². The maximum atomic E-state index is 12.3. The fourth-order valence-electron chi connectivity index (χ4n) is 2.25. The molecule has 1 heterocycles. The molecule has 0 amide bonds. The molecular weight excluding hydrogens is 394 g/mol. The number of aryl methyl sites for hydroxylation is 2. The smallest absolute Gasteiger partial charge is 0.299 e. The fourth-order valence-corrected chi connectivity index (χ4v) is 3.46. The van der Waals surface area contributed by atoms with E-state index in [1.165, 1.54) is 6.07 Å². The predicted molar refractivity (Wildman–Crippen MR) is 95.3 cm³/mol. The van der Waals surface area contributed by atoms with Crippen LogP contribution in [0.2, 0.25) is 0 Å². The van der Waals surface area contributed by atoms with Gasteiger partial charge in [-0.25, -0.2) is 0 Å². The lowest BCUT2D eigenvalue weighted by atomic mass is 10.1. The summed E-state index contributed by atoms with van der Waals surface area (Å²) in [6.07, 6.45) is 0. The molecule has 0 atom stereocenters. The van der Waals surface area contributed by atoms with Crippen LogP contribution in [0.15, 0.2) is 55.4 Å². The van der Waals surface area contributed by atoms with Crippen molar-refractivity contribution >= 4 is 42.5 Å². The Morgan fingerprint density at radius 2 is 1.83 bits per heavy atom. The van der Waals surface area contributed by atoms with Crippen molar-refractivity contribution in [1.29, 1.82) is 0 Å². The van der Waals surface area contributed by atoms with Gasteiger partial charge in [0.05, 0.1) is 10.4 Å². The lowest BCUT2D eigenvalue weighted by Crippen LogP contribution is -1.97. The van der Waals surface area contributed by atoms with E-state index in [1.54, 1.807) is 30.3 Å². The van der Waals surface area contributed by atoms with E-state index in [9.17, 15) is 13.5 Å². The zero-order chi connectivity index (χ0) is 17.5. The quantitative estimate of drug-likeness (QED) is 0.614. The predicted octanol–water partition coefficient (Wildman–Crippen LogP) is 4.73. The number of fused-ring (bicyclic) bond motifs is 1. The minimum absolute atomic E-state index is 0.0647. The molecule has 0 fully saturated rings. The van der Waals surface area contributed by atoms with E-state index in [2.05, 4.69) is 30.5 Å². The van der Waals surface area contributed by atoms with Gasteiger partial charge in [-0.15, -0.1) is 5.11 Å². The van der Waals surface area contributed by atoms with Crippen LogP contribution < -0.4 is 0 Å². The number of H-pyrrole nitrogens is 1. The monoisotopic (exact) mass is 407 g/mol. The number of aromatic nitrogens is 1. The molecule has 8 heteroatoms. The Hall–Kier alpha value is -2.19. The van der Waals surface area contributed by atoms with Gasteiger partial charge in [0, 0.05) is 9.86 Å². The SMILES string of the molecule is Cc1ccc(S(=O)(=O)N=Nc2c(O)[nH]c3ccc(Br)cc23)cc1C. The highest BCUT2D eigenvalue weighted by Gasteiger charge is 2.16. The molecule has 6 nitrogen and oxygen atoms in total. The third-order valence-corrected chi connectivity index (χ3v) is 5.38. The molecule has 0 unspecified atom stereocenters. The number of benzene rings is 2. The standard InChI is InChI=1S/C16H14BrN3O3S/c1-9-3-5-12(7-10(9)2)24(22,23)20-19-15-13-8-11(17)4-6-14(13)18-16(15)21/h3-8,18,21H,1-2H3. The summed E-state index contributed by atoms with van der Waals surface area (Å²) in [5.41, 5.74) is 2.56. The van der Waals surface area contributed by atoms with Gasteiger partial charge in [0.25, 0.3) is 10.0 Å². The molecule has 2 aromatic carbocycles. The van der Waals surface area contributed by atoms with Crippen molar-refractivity contribution in [2.24, 2.45) is 9.63 Å². The number of nitrogens with zero attached hydrogens (tertiary/aromatic N) is 2. The molecule has 0 bridgehead atoms. The minimum atomic E-state index is -3.95. The Morgan fingerprint density at radius 3 is 2.54 bits per heavy atom. The van der Waals surface area contributed by atoms with Crippen LogP contribution >= 0.6 is 15.9 Å². The molecule has 0 saturated heterocycles. The van der Waals surface area contributed by atoms with Crippen LogP contribution in [0.1, 0.15) is 11.1 Å². The van der Waals surface area contributed by atoms with Crippen molar-refractivity contribution in [1.82, 2.24) is 4.98 Å². The first kappa shape index (κ1) is 16.7. The Kier molecular flexibility index (Phi) is 4.18. The van der Waals surface area contributed by atoms with Crippen LogP contribution in [0.5, 0.6) is 5.88 Å². The highest BCUT2D eigenvalue weighted by molar-refractivity contribution is 9.10. The lowest BCUT2D eigenvalue weighted by molar-refractivity contribution is 0.459. The molecule has 0 aliphatic carbocycles. The second-order valence-electron chi connectivity index (χ2n) is 5.41. The molecule has 1 aromatic heterocycles.